The largest absolute Gasteiger partial charge is 0.485 e. The lowest BCUT2D eigenvalue weighted by Crippen LogP contribution is -2.24. The number of rotatable bonds is 9. The van der Waals surface area contributed by atoms with Gasteiger partial charge in [0.15, 0.2) is 21.4 Å². The first-order valence-electron chi connectivity index (χ1n) is 10.6. The van der Waals surface area contributed by atoms with Gasteiger partial charge in [0.2, 0.25) is 0 Å². The Labute approximate surface area is 192 Å². The number of aryl methyl sites for hydroxylation is 2. The summed E-state index contributed by atoms with van der Waals surface area (Å²) in [6, 6.07) is 1.42. The van der Waals surface area contributed by atoms with E-state index in [1.165, 1.54) is 0 Å². The lowest BCUT2D eigenvalue weighted by molar-refractivity contribution is 0.122. The SMILES string of the molecule is CCOc1nccc2c1OC[C@H](COC)n1c(CS(=O)(=O)CCc3ncc(C)cn3)nnc1-2. The summed E-state index contributed by atoms with van der Waals surface area (Å²) in [6.45, 7) is 4.68. The van der Waals surface area contributed by atoms with Crippen LogP contribution in [-0.2, 0) is 26.7 Å². The van der Waals surface area contributed by atoms with Crippen LogP contribution in [-0.4, -0.2) is 70.8 Å². The molecule has 0 radical (unpaired) electrons. The molecule has 0 bridgehead atoms. The molecule has 12 heteroatoms. The Hall–Kier alpha value is -3.12. The van der Waals surface area contributed by atoms with Crippen LogP contribution < -0.4 is 9.47 Å². The second-order valence-corrected chi connectivity index (χ2v) is 9.86. The summed E-state index contributed by atoms with van der Waals surface area (Å²) < 4.78 is 44.6. The minimum atomic E-state index is -3.51. The Morgan fingerprint density at radius 3 is 2.73 bits per heavy atom. The summed E-state index contributed by atoms with van der Waals surface area (Å²) in [7, 11) is -1.94. The molecule has 0 saturated carbocycles. The summed E-state index contributed by atoms with van der Waals surface area (Å²) in [6.07, 6.45) is 5.16. The van der Waals surface area contributed by atoms with Gasteiger partial charge in [-0.3, -0.25) is 0 Å². The van der Waals surface area contributed by atoms with E-state index in [2.05, 4.69) is 25.1 Å². The summed E-state index contributed by atoms with van der Waals surface area (Å²) in [4.78, 5) is 12.6. The van der Waals surface area contributed by atoms with Gasteiger partial charge < -0.3 is 18.8 Å². The van der Waals surface area contributed by atoms with Gasteiger partial charge in [0, 0.05) is 32.1 Å². The van der Waals surface area contributed by atoms with Crippen LogP contribution in [0, 0.1) is 6.92 Å². The summed E-state index contributed by atoms with van der Waals surface area (Å²) in [5, 5.41) is 8.54. The third-order valence-corrected chi connectivity index (χ3v) is 6.65. The predicted octanol–water partition coefficient (Wildman–Crippen LogP) is 1.57. The minimum absolute atomic E-state index is 0.0985. The fourth-order valence-corrected chi connectivity index (χ4v) is 4.83. The van der Waals surface area contributed by atoms with E-state index in [-0.39, 0.29) is 30.6 Å². The molecule has 4 rings (SSSR count). The van der Waals surface area contributed by atoms with Crippen molar-refractivity contribution in [1.82, 2.24) is 29.7 Å². The maximum atomic E-state index is 12.9. The van der Waals surface area contributed by atoms with Crippen LogP contribution in [0.5, 0.6) is 11.6 Å². The highest BCUT2D eigenvalue weighted by atomic mass is 32.2. The van der Waals surface area contributed by atoms with Crippen LogP contribution in [0.1, 0.15) is 30.2 Å². The molecule has 0 fully saturated rings. The van der Waals surface area contributed by atoms with E-state index in [0.29, 0.717) is 47.9 Å². The van der Waals surface area contributed by atoms with Crippen LogP contribution >= 0.6 is 0 Å². The topological polar surface area (TPSA) is 131 Å². The van der Waals surface area contributed by atoms with Crippen LogP contribution in [0.15, 0.2) is 24.7 Å². The molecule has 0 spiro atoms. The summed E-state index contributed by atoms with van der Waals surface area (Å²) in [5.74, 6) is 1.74. The number of fused-ring (bicyclic) bond motifs is 3. The van der Waals surface area contributed by atoms with Crippen molar-refractivity contribution >= 4 is 9.84 Å². The van der Waals surface area contributed by atoms with Crippen molar-refractivity contribution in [3.05, 3.63) is 41.9 Å². The van der Waals surface area contributed by atoms with Gasteiger partial charge in [-0.1, -0.05) is 0 Å². The molecule has 0 N–H and O–H groups in total. The first kappa shape index (κ1) is 23.1. The quantitative estimate of drug-likeness (QED) is 0.450. The molecule has 3 aromatic heterocycles. The van der Waals surface area contributed by atoms with E-state index in [4.69, 9.17) is 14.2 Å². The monoisotopic (exact) mass is 474 g/mol. The van der Waals surface area contributed by atoms with E-state index in [0.717, 1.165) is 5.56 Å². The standard InChI is InChI=1S/C21H26N6O5S/c1-4-31-21-19-16(5-7-22-21)20-26-25-18(27(20)15(11-30-3)12-32-19)13-33(28,29)8-6-17-23-9-14(2)10-24-17/h5,7,9-10,15H,4,6,8,11-13H2,1-3H3/t15-/m0/s1. The molecule has 33 heavy (non-hydrogen) atoms. The van der Waals surface area contributed by atoms with Crippen molar-refractivity contribution in [3.63, 3.8) is 0 Å². The smallest absolute Gasteiger partial charge is 0.257 e. The van der Waals surface area contributed by atoms with Gasteiger partial charge in [0.05, 0.1) is 30.6 Å². The molecule has 0 amide bonds. The number of ether oxygens (including phenoxy) is 3. The summed E-state index contributed by atoms with van der Waals surface area (Å²) >= 11 is 0. The minimum Gasteiger partial charge on any atom is -0.485 e. The highest BCUT2D eigenvalue weighted by Gasteiger charge is 2.31. The molecule has 0 saturated heterocycles. The van der Waals surface area contributed by atoms with Gasteiger partial charge in [-0.05, 0) is 25.5 Å². The molecule has 1 aliphatic rings. The molecule has 0 unspecified atom stereocenters. The van der Waals surface area contributed by atoms with Gasteiger partial charge in [-0.2, -0.15) is 0 Å². The number of aromatic nitrogens is 6. The van der Waals surface area contributed by atoms with Crippen LogP contribution in [0.3, 0.4) is 0 Å². The van der Waals surface area contributed by atoms with Crippen molar-refractivity contribution < 1.29 is 22.6 Å². The van der Waals surface area contributed by atoms with Crippen LogP contribution in [0.25, 0.3) is 11.4 Å². The summed E-state index contributed by atoms with van der Waals surface area (Å²) in [5.41, 5.74) is 1.55. The van der Waals surface area contributed by atoms with Gasteiger partial charge in [-0.15, -0.1) is 10.2 Å². The van der Waals surface area contributed by atoms with Gasteiger partial charge in [0.1, 0.15) is 24.0 Å². The van der Waals surface area contributed by atoms with E-state index < -0.39 is 9.84 Å². The number of methoxy groups -OCH3 is 1. The van der Waals surface area contributed by atoms with Crippen LogP contribution in [0.2, 0.25) is 0 Å². The molecule has 176 valence electrons. The first-order valence-corrected chi connectivity index (χ1v) is 12.4. The fraction of sp³-hybridized carbons (Fsp3) is 0.476. The molecule has 4 heterocycles. The van der Waals surface area contributed by atoms with Crippen molar-refractivity contribution in [2.45, 2.75) is 32.1 Å². The molecule has 3 aromatic rings. The zero-order valence-electron chi connectivity index (χ0n) is 18.8. The Kier molecular flexibility index (Phi) is 6.84. The van der Waals surface area contributed by atoms with E-state index in [1.54, 1.807) is 36.3 Å². The van der Waals surface area contributed by atoms with Crippen LogP contribution in [0.4, 0.5) is 0 Å². The Bertz CT molecular complexity index is 1210. The number of pyridine rings is 1. The molecule has 11 nitrogen and oxygen atoms in total. The van der Waals surface area contributed by atoms with Crippen molar-refractivity contribution in [2.75, 3.05) is 32.7 Å². The van der Waals surface area contributed by atoms with Crippen molar-refractivity contribution in [3.8, 4) is 23.0 Å². The Morgan fingerprint density at radius 1 is 1.21 bits per heavy atom. The fourth-order valence-electron chi connectivity index (χ4n) is 3.61. The maximum Gasteiger partial charge on any atom is 0.257 e. The average Bonchev–Trinajstić information content (AvgIpc) is 3.11. The van der Waals surface area contributed by atoms with Gasteiger partial charge in [-0.25, -0.2) is 23.4 Å². The van der Waals surface area contributed by atoms with E-state index >= 15 is 0 Å². The van der Waals surface area contributed by atoms with Crippen molar-refractivity contribution in [1.29, 1.82) is 0 Å². The number of nitrogens with zero attached hydrogens (tertiary/aromatic N) is 6. The molecule has 0 aromatic carbocycles. The van der Waals surface area contributed by atoms with Gasteiger partial charge >= 0.3 is 0 Å². The third kappa shape index (κ3) is 5.11. The second-order valence-electron chi connectivity index (χ2n) is 7.67. The molecular formula is C21H26N6O5S. The molecule has 0 aliphatic carbocycles. The van der Waals surface area contributed by atoms with E-state index in [9.17, 15) is 8.42 Å². The third-order valence-electron chi connectivity index (χ3n) is 5.12. The lowest BCUT2D eigenvalue weighted by atomic mass is 10.2. The second kappa shape index (κ2) is 9.79. The number of hydrogen-bond donors (Lipinski definition) is 0. The average molecular weight is 475 g/mol. The number of sulfone groups is 1. The number of hydrogen-bond acceptors (Lipinski definition) is 10. The Morgan fingerprint density at radius 2 is 2.00 bits per heavy atom. The zero-order valence-corrected chi connectivity index (χ0v) is 19.6. The first-order chi connectivity index (χ1) is 15.9. The van der Waals surface area contributed by atoms with Gasteiger partial charge in [0.25, 0.3) is 5.88 Å². The van der Waals surface area contributed by atoms with E-state index in [1.807, 2.05) is 13.8 Å². The zero-order chi connectivity index (χ0) is 23.4. The normalized spacial score (nSPS) is 15.3. The highest BCUT2D eigenvalue weighted by Crippen LogP contribution is 2.40. The molecule has 1 aliphatic heterocycles. The predicted molar refractivity (Wildman–Crippen MR) is 119 cm³/mol. The highest BCUT2D eigenvalue weighted by molar-refractivity contribution is 7.90. The molecule has 1 atom stereocenters. The molecular weight excluding hydrogens is 448 g/mol. The maximum absolute atomic E-state index is 12.9. The van der Waals surface area contributed by atoms with Crippen molar-refractivity contribution in [2.24, 2.45) is 0 Å². The Balaban J connectivity index is 1.64. The lowest BCUT2D eigenvalue weighted by Gasteiger charge is -2.18.